The molecule has 0 spiro atoms. The van der Waals surface area contributed by atoms with E-state index in [0.717, 1.165) is 37.7 Å². The third-order valence-electron chi connectivity index (χ3n) is 7.49. The number of fused-ring (bicyclic) bond motifs is 4. The van der Waals surface area contributed by atoms with Crippen LogP contribution in [0.5, 0.6) is 0 Å². The van der Waals surface area contributed by atoms with Crippen LogP contribution in [0.4, 0.5) is 5.69 Å². The van der Waals surface area contributed by atoms with Gasteiger partial charge in [-0.1, -0.05) is 24.3 Å². The summed E-state index contributed by atoms with van der Waals surface area (Å²) in [6, 6.07) is 17.0. The minimum absolute atomic E-state index is 0.344. The van der Waals surface area contributed by atoms with Crippen molar-refractivity contribution >= 4 is 11.7 Å². The van der Waals surface area contributed by atoms with Crippen molar-refractivity contribution < 1.29 is 9.90 Å². The number of anilines is 1. The van der Waals surface area contributed by atoms with E-state index in [1.54, 1.807) is 12.1 Å². The molecule has 2 unspecified atom stereocenters. The fraction of sp³-hybridized carbons (Fsp3) is 0.500. The first-order valence-electron chi connectivity index (χ1n) is 11.8. The molecule has 4 saturated heterocycles. The molecule has 5 nitrogen and oxygen atoms in total. The number of hydrogen-bond acceptors (Lipinski definition) is 4. The van der Waals surface area contributed by atoms with Crippen LogP contribution in [0.3, 0.4) is 0 Å². The minimum atomic E-state index is -0.872. The summed E-state index contributed by atoms with van der Waals surface area (Å²) in [4.78, 5) is 16.3. The molecule has 4 fully saturated rings. The average Bonchev–Trinajstić information content (AvgIpc) is 3.14. The Morgan fingerprint density at radius 1 is 1.06 bits per heavy atom. The van der Waals surface area contributed by atoms with Crippen LogP contribution in [0, 0.1) is 5.92 Å². The van der Waals surface area contributed by atoms with Crippen LogP contribution in [0.15, 0.2) is 48.5 Å². The molecule has 5 heteroatoms. The molecule has 0 aliphatic carbocycles. The molecule has 2 bridgehead atoms. The second-order valence-electron chi connectivity index (χ2n) is 9.53. The molecule has 4 heterocycles. The number of aromatic carboxylic acids is 1. The van der Waals surface area contributed by atoms with E-state index < -0.39 is 5.97 Å². The van der Waals surface area contributed by atoms with Crippen molar-refractivity contribution in [3.63, 3.8) is 0 Å². The van der Waals surface area contributed by atoms with Gasteiger partial charge in [-0.05, 0) is 86.0 Å². The van der Waals surface area contributed by atoms with E-state index >= 15 is 0 Å². The highest BCUT2D eigenvalue weighted by Gasteiger charge is 2.30. The van der Waals surface area contributed by atoms with Crippen molar-refractivity contribution in [2.75, 3.05) is 44.2 Å². The van der Waals surface area contributed by atoms with Crippen molar-refractivity contribution in [2.45, 2.75) is 37.6 Å². The van der Waals surface area contributed by atoms with E-state index in [2.05, 4.69) is 39.4 Å². The van der Waals surface area contributed by atoms with Gasteiger partial charge >= 0.3 is 5.97 Å². The van der Waals surface area contributed by atoms with Gasteiger partial charge in [0, 0.05) is 37.9 Å². The first-order chi connectivity index (χ1) is 15.2. The number of piperazine rings is 1. The molecule has 31 heavy (non-hydrogen) atoms. The Kier molecular flexibility index (Phi) is 5.97. The zero-order valence-corrected chi connectivity index (χ0v) is 18.2. The summed E-state index contributed by atoms with van der Waals surface area (Å²) in [5, 5.41) is 12.7. The topological polar surface area (TPSA) is 55.8 Å². The summed E-state index contributed by atoms with van der Waals surface area (Å²) in [5.74, 6) is 0.696. The van der Waals surface area contributed by atoms with Crippen molar-refractivity contribution in [3.05, 3.63) is 65.2 Å². The minimum Gasteiger partial charge on any atom is -0.478 e. The van der Waals surface area contributed by atoms with Crippen molar-refractivity contribution in [3.8, 4) is 0 Å². The molecule has 6 rings (SSSR count). The van der Waals surface area contributed by atoms with Gasteiger partial charge in [0.15, 0.2) is 0 Å². The Bertz CT molecular complexity index is 891. The molecular weight excluding hydrogens is 386 g/mol. The normalized spacial score (nSPS) is 28.3. The number of nitrogens with zero attached hydrogens (tertiary/aromatic N) is 2. The number of benzene rings is 2. The van der Waals surface area contributed by atoms with Crippen LogP contribution >= 0.6 is 0 Å². The van der Waals surface area contributed by atoms with Crippen LogP contribution in [0.1, 0.15) is 46.7 Å². The molecule has 2 N–H and O–H groups in total. The second kappa shape index (κ2) is 9.01. The average molecular weight is 420 g/mol. The highest BCUT2D eigenvalue weighted by Crippen LogP contribution is 2.35. The Balaban J connectivity index is 1.32. The maximum Gasteiger partial charge on any atom is 0.335 e. The number of carbonyl (C=O) groups is 1. The lowest BCUT2D eigenvalue weighted by Gasteiger charge is -2.38. The van der Waals surface area contributed by atoms with Gasteiger partial charge in [0.2, 0.25) is 0 Å². The molecule has 4 aliphatic heterocycles. The number of nitrogens with one attached hydrogen (secondary N) is 1. The number of piperidine rings is 1. The number of carboxylic acids is 1. The molecule has 164 valence electrons. The zero-order chi connectivity index (χ0) is 21.2. The van der Waals surface area contributed by atoms with Crippen molar-refractivity contribution in [1.29, 1.82) is 0 Å². The maximum absolute atomic E-state index is 11.2. The van der Waals surface area contributed by atoms with E-state index in [1.807, 2.05) is 12.1 Å². The maximum atomic E-state index is 11.2. The van der Waals surface area contributed by atoms with Crippen LogP contribution < -0.4 is 10.2 Å². The molecular formula is C26H33N3O2. The molecule has 0 saturated carbocycles. The lowest BCUT2D eigenvalue weighted by Crippen LogP contribution is -2.52. The first-order valence-corrected chi connectivity index (χ1v) is 11.8. The molecule has 2 aromatic carbocycles. The Hall–Kier alpha value is -2.37. The summed E-state index contributed by atoms with van der Waals surface area (Å²) < 4.78 is 0. The Labute approximate surface area is 185 Å². The lowest BCUT2D eigenvalue weighted by molar-refractivity contribution is 0.0697. The fourth-order valence-corrected chi connectivity index (χ4v) is 5.76. The van der Waals surface area contributed by atoms with Gasteiger partial charge < -0.3 is 20.2 Å². The zero-order valence-electron chi connectivity index (χ0n) is 18.2. The number of rotatable bonds is 5. The molecule has 2 atom stereocenters. The van der Waals surface area contributed by atoms with Crippen LogP contribution in [0.25, 0.3) is 0 Å². The molecule has 0 amide bonds. The van der Waals surface area contributed by atoms with Crippen LogP contribution in [-0.2, 0) is 6.42 Å². The highest BCUT2D eigenvalue weighted by atomic mass is 16.4. The standard InChI is InChI=1S/C26H33N3O2/c30-26(31)21-4-6-24(7-5-21)29-13-10-27-17-25(29)16-20-2-1-3-22(15-20)23-14-19-8-11-28(18-23)12-9-19/h1-7,15,19,23,25,27H,8-14,16-18H2,(H,30,31). The second-order valence-corrected chi connectivity index (χ2v) is 9.53. The van der Waals surface area contributed by atoms with E-state index in [-0.39, 0.29) is 0 Å². The van der Waals surface area contributed by atoms with E-state index in [4.69, 9.17) is 0 Å². The van der Waals surface area contributed by atoms with Crippen molar-refractivity contribution in [2.24, 2.45) is 5.92 Å². The van der Waals surface area contributed by atoms with Gasteiger partial charge in [0.05, 0.1) is 5.56 Å². The SMILES string of the molecule is O=C(O)c1ccc(N2CCNCC2Cc2cccc(C3CC4CCN(CC4)C3)c2)cc1. The lowest BCUT2D eigenvalue weighted by atomic mass is 9.86. The van der Waals surface area contributed by atoms with Gasteiger partial charge in [-0.3, -0.25) is 0 Å². The predicted octanol–water partition coefficient (Wildman–Crippen LogP) is 3.61. The van der Waals surface area contributed by atoms with Crippen molar-refractivity contribution in [1.82, 2.24) is 10.2 Å². The number of carboxylic acid groups (broad SMARTS) is 1. The largest absolute Gasteiger partial charge is 0.478 e. The molecule has 0 radical (unpaired) electrons. The van der Waals surface area contributed by atoms with Gasteiger partial charge in [0.1, 0.15) is 0 Å². The summed E-state index contributed by atoms with van der Waals surface area (Å²) in [6.45, 7) is 6.62. The fourth-order valence-electron chi connectivity index (χ4n) is 5.76. The highest BCUT2D eigenvalue weighted by molar-refractivity contribution is 5.88. The molecule has 4 aliphatic rings. The van der Waals surface area contributed by atoms with E-state index in [0.29, 0.717) is 17.5 Å². The summed E-state index contributed by atoms with van der Waals surface area (Å²) in [6.07, 6.45) is 5.09. The molecule has 2 aromatic rings. The summed E-state index contributed by atoms with van der Waals surface area (Å²) >= 11 is 0. The summed E-state index contributed by atoms with van der Waals surface area (Å²) in [7, 11) is 0. The van der Waals surface area contributed by atoms with Crippen LogP contribution in [0.2, 0.25) is 0 Å². The van der Waals surface area contributed by atoms with Gasteiger partial charge in [-0.2, -0.15) is 0 Å². The quantitative estimate of drug-likeness (QED) is 0.776. The van der Waals surface area contributed by atoms with Crippen LogP contribution in [-0.4, -0.2) is 61.3 Å². The van der Waals surface area contributed by atoms with Gasteiger partial charge in [-0.15, -0.1) is 0 Å². The third kappa shape index (κ3) is 4.63. The predicted molar refractivity (Wildman–Crippen MR) is 124 cm³/mol. The first kappa shape index (κ1) is 20.5. The summed E-state index contributed by atoms with van der Waals surface area (Å²) in [5.41, 5.74) is 4.37. The smallest absolute Gasteiger partial charge is 0.335 e. The monoisotopic (exact) mass is 419 g/mol. The van der Waals surface area contributed by atoms with Gasteiger partial charge in [0.25, 0.3) is 0 Å². The number of hydrogen-bond donors (Lipinski definition) is 2. The van der Waals surface area contributed by atoms with E-state index in [9.17, 15) is 9.90 Å². The Morgan fingerprint density at radius 2 is 1.87 bits per heavy atom. The van der Waals surface area contributed by atoms with Gasteiger partial charge in [-0.25, -0.2) is 4.79 Å². The molecule has 0 aromatic heterocycles. The van der Waals surface area contributed by atoms with E-state index in [1.165, 1.54) is 50.0 Å². The third-order valence-corrected chi connectivity index (χ3v) is 7.49. The Morgan fingerprint density at radius 3 is 2.65 bits per heavy atom.